The summed E-state index contributed by atoms with van der Waals surface area (Å²) in [6.45, 7) is -0.476. The summed E-state index contributed by atoms with van der Waals surface area (Å²) in [5.41, 5.74) is 0.651. The van der Waals surface area contributed by atoms with Gasteiger partial charge in [0, 0.05) is 5.69 Å². The quantitative estimate of drug-likeness (QED) is 0.662. The van der Waals surface area contributed by atoms with E-state index in [0.29, 0.717) is 15.8 Å². The maximum absolute atomic E-state index is 13.0. The summed E-state index contributed by atoms with van der Waals surface area (Å²) >= 11 is 0. The van der Waals surface area contributed by atoms with Crippen LogP contribution >= 0.6 is 0 Å². The number of fused-ring (bicyclic) bond motifs is 1. The number of anilines is 1. The van der Waals surface area contributed by atoms with Gasteiger partial charge in [-0.1, -0.05) is 30.3 Å². The van der Waals surface area contributed by atoms with Gasteiger partial charge in [0.05, 0.1) is 18.4 Å². The molecule has 2 amide bonds. The molecular formula is C20H16N2O5S. The largest absolute Gasteiger partial charge is 0.467 e. The van der Waals surface area contributed by atoms with Crippen LogP contribution < -0.4 is 4.90 Å². The molecule has 0 atom stereocenters. The molecule has 0 saturated heterocycles. The normalized spacial score (nSPS) is 14.7. The van der Waals surface area contributed by atoms with E-state index in [1.807, 2.05) is 6.07 Å². The minimum absolute atomic E-state index is 0.0765. The fourth-order valence-corrected chi connectivity index (χ4v) is 4.60. The van der Waals surface area contributed by atoms with Crippen LogP contribution in [0.1, 0.15) is 16.1 Å². The van der Waals surface area contributed by atoms with E-state index in [4.69, 9.17) is 4.42 Å². The van der Waals surface area contributed by atoms with E-state index in [1.54, 1.807) is 48.5 Å². The number of carbonyl (C=O) groups excluding carboxylic acids is 2. The van der Waals surface area contributed by atoms with Gasteiger partial charge in [-0.15, -0.1) is 0 Å². The van der Waals surface area contributed by atoms with E-state index >= 15 is 0 Å². The molecule has 8 heteroatoms. The summed E-state index contributed by atoms with van der Waals surface area (Å²) in [6, 6.07) is 18.2. The summed E-state index contributed by atoms with van der Waals surface area (Å²) in [4.78, 5) is 26.9. The van der Waals surface area contributed by atoms with Gasteiger partial charge in [0.15, 0.2) is 0 Å². The highest BCUT2D eigenvalue weighted by Crippen LogP contribution is 2.30. The molecular weight excluding hydrogens is 380 g/mol. The van der Waals surface area contributed by atoms with Crippen molar-refractivity contribution >= 4 is 27.5 Å². The molecule has 0 radical (unpaired) electrons. The summed E-state index contributed by atoms with van der Waals surface area (Å²) in [6.07, 6.45) is 1.49. The number of hydrogen-bond acceptors (Lipinski definition) is 5. The second-order valence-corrected chi connectivity index (χ2v) is 8.04. The maximum atomic E-state index is 13.0. The highest BCUT2D eigenvalue weighted by molar-refractivity contribution is 7.90. The van der Waals surface area contributed by atoms with Crippen LogP contribution in [0.5, 0.6) is 0 Å². The molecule has 0 N–H and O–H groups in total. The first-order valence-corrected chi connectivity index (χ1v) is 9.96. The standard InChI is InChI=1S/C20H16N2O5S/c23-19(14-22-20(24)17-10-4-5-11-18(17)28(22,25)26)21(13-16-9-6-12-27-16)15-7-2-1-3-8-15/h1-12H,13-14H2. The summed E-state index contributed by atoms with van der Waals surface area (Å²) in [5, 5.41) is 0. The minimum Gasteiger partial charge on any atom is -0.467 e. The van der Waals surface area contributed by atoms with Crippen molar-refractivity contribution in [2.75, 3.05) is 11.4 Å². The lowest BCUT2D eigenvalue weighted by atomic mass is 10.2. The van der Waals surface area contributed by atoms with E-state index in [0.717, 1.165) is 0 Å². The predicted molar refractivity (Wildman–Crippen MR) is 101 cm³/mol. The van der Waals surface area contributed by atoms with E-state index < -0.39 is 28.4 Å². The van der Waals surface area contributed by atoms with Crippen molar-refractivity contribution in [3.05, 3.63) is 84.3 Å². The molecule has 2 aromatic carbocycles. The maximum Gasteiger partial charge on any atom is 0.269 e. The second kappa shape index (κ2) is 6.97. The van der Waals surface area contributed by atoms with E-state index in [1.165, 1.54) is 23.3 Å². The number of furan rings is 1. The van der Waals surface area contributed by atoms with Crippen molar-refractivity contribution in [3.8, 4) is 0 Å². The van der Waals surface area contributed by atoms with Crippen molar-refractivity contribution in [3.63, 3.8) is 0 Å². The fourth-order valence-electron chi connectivity index (χ4n) is 3.09. The molecule has 1 aliphatic rings. The summed E-state index contributed by atoms with van der Waals surface area (Å²) < 4.78 is 31.4. The Labute approximate surface area is 161 Å². The molecule has 1 aromatic heterocycles. The van der Waals surface area contributed by atoms with Gasteiger partial charge in [0.1, 0.15) is 17.2 Å². The SMILES string of the molecule is O=C(CN1C(=O)c2ccccc2S1(=O)=O)N(Cc1ccco1)c1ccccc1. The van der Waals surface area contributed by atoms with Gasteiger partial charge < -0.3 is 9.32 Å². The van der Waals surface area contributed by atoms with Gasteiger partial charge in [0.2, 0.25) is 5.91 Å². The minimum atomic E-state index is -4.06. The monoisotopic (exact) mass is 396 g/mol. The molecule has 0 fully saturated rings. The molecule has 0 bridgehead atoms. The lowest BCUT2D eigenvalue weighted by molar-refractivity contribution is -0.118. The zero-order valence-corrected chi connectivity index (χ0v) is 15.5. The van der Waals surface area contributed by atoms with E-state index in [9.17, 15) is 18.0 Å². The first-order valence-electron chi connectivity index (χ1n) is 8.52. The van der Waals surface area contributed by atoms with Crippen LogP contribution in [0.3, 0.4) is 0 Å². The van der Waals surface area contributed by atoms with Crippen LogP contribution in [0.4, 0.5) is 5.69 Å². The zero-order valence-electron chi connectivity index (χ0n) is 14.7. The fraction of sp³-hybridized carbons (Fsp3) is 0.100. The van der Waals surface area contributed by atoms with Gasteiger partial charge in [-0.05, 0) is 36.4 Å². The van der Waals surface area contributed by atoms with Crippen LogP contribution in [0.2, 0.25) is 0 Å². The lowest BCUT2D eigenvalue weighted by Crippen LogP contribution is -2.42. The molecule has 0 spiro atoms. The van der Waals surface area contributed by atoms with Crippen LogP contribution in [0, 0.1) is 0 Å². The Bertz CT molecular complexity index is 1120. The van der Waals surface area contributed by atoms with Crippen LogP contribution in [-0.4, -0.2) is 31.1 Å². The number of amides is 2. The van der Waals surface area contributed by atoms with Crippen LogP contribution in [0.15, 0.2) is 82.3 Å². The third-order valence-electron chi connectivity index (χ3n) is 4.45. The van der Waals surface area contributed by atoms with Gasteiger partial charge in [0.25, 0.3) is 15.9 Å². The smallest absolute Gasteiger partial charge is 0.269 e. The molecule has 2 heterocycles. The molecule has 142 valence electrons. The van der Waals surface area contributed by atoms with Gasteiger partial charge in [-0.2, -0.15) is 0 Å². The van der Waals surface area contributed by atoms with Crippen molar-refractivity contribution < 1.29 is 22.4 Å². The molecule has 3 aromatic rings. The third-order valence-corrected chi connectivity index (χ3v) is 6.24. The zero-order chi connectivity index (χ0) is 19.7. The number of para-hydroxylation sites is 1. The molecule has 0 saturated carbocycles. The molecule has 1 aliphatic heterocycles. The number of benzene rings is 2. The van der Waals surface area contributed by atoms with Crippen molar-refractivity contribution in [2.24, 2.45) is 0 Å². The van der Waals surface area contributed by atoms with Gasteiger partial charge in [-0.25, -0.2) is 12.7 Å². The Morgan fingerprint density at radius 1 is 0.964 bits per heavy atom. The summed E-state index contributed by atoms with van der Waals surface area (Å²) in [7, 11) is -4.06. The number of sulfonamides is 1. The molecule has 0 aliphatic carbocycles. The first-order chi connectivity index (χ1) is 13.5. The van der Waals surface area contributed by atoms with Crippen molar-refractivity contribution in [1.29, 1.82) is 0 Å². The Kier molecular flexibility index (Phi) is 4.48. The highest BCUT2D eigenvalue weighted by Gasteiger charge is 2.42. The number of hydrogen-bond donors (Lipinski definition) is 0. The number of rotatable bonds is 5. The van der Waals surface area contributed by atoms with E-state index in [-0.39, 0.29) is 17.0 Å². The molecule has 4 rings (SSSR count). The second-order valence-electron chi connectivity index (χ2n) is 6.21. The predicted octanol–water partition coefficient (Wildman–Crippen LogP) is 2.66. The van der Waals surface area contributed by atoms with Gasteiger partial charge >= 0.3 is 0 Å². The summed E-state index contributed by atoms with van der Waals surface area (Å²) in [5.74, 6) is -0.696. The lowest BCUT2D eigenvalue weighted by Gasteiger charge is -2.24. The van der Waals surface area contributed by atoms with Crippen LogP contribution in [0.25, 0.3) is 0 Å². The van der Waals surface area contributed by atoms with Crippen molar-refractivity contribution in [2.45, 2.75) is 11.4 Å². The molecule has 0 unspecified atom stereocenters. The Balaban J connectivity index is 1.64. The number of carbonyl (C=O) groups is 2. The molecule has 7 nitrogen and oxygen atoms in total. The van der Waals surface area contributed by atoms with Crippen molar-refractivity contribution in [1.82, 2.24) is 4.31 Å². The Morgan fingerprint density at radius 2 is 1.68 bits per heavy atom. The first kappa shape index (κ1) is 18.0. The van der Waals surface area contributed by atoms with Gasteiger partial charge in [-0.3, -0.25) is 9.59 Å². The average molecular weight is 396 g/mol. The average Bonchev–Trinajstić information content (AvgIpc) is 3.29. The topological polar surface area (TPSA) is 87.9 Å². The number of nitrogens with zero attached hydrogens (tertiary/aromatic N) is 2. The third kappa shape index (κ3) is 3.07. The Hall–Kier alpha value is -3.39. The highest BCUT2D eigenvalue weighted by atomic mass is 32.2. The Morgan fingerprint density at radius 3 is 2.36 bits per heavy atom. The van der Waals surface area contributed by atoms with E-state index in [2.05, 4.69) is 0 Å². The molecule has 28 heavy (non-hydrogen) atoms. The van der Waals surface area contributed by atoms with Crippen LogP contribution in [-0.2, 0) is 21.4 Å².